The van der Waals surface area contributed by atoms with Crippen LogP contribution in [0.1, 0.15) is 22.8 Å². The van der Waals surface area contributed by atoms with Crippen molar-refractivity contribution >= 4 is 51.9 Å². The zero-order valence-electron chi connectivity index (χ0n) is 15.1. The molecule has 0 unspecified atom stereocenters. The van der Waals surface area contributed by atoms with Crippen LogP contribution in [0.2, 0.25) is 0 Å². The number of nitrogens with zero attached hydrogens (tertiary/aromatic N) is 1. The highest BCUT2D eigenvalue weighted by Crippen LogP contribution is 2.37. The van der Waals surface area contributed by atoms with Gasteiger partial charge in [0.1, 0.15) is 0 Å². The Hall–Kier alpha value is -2.84. The number of ether oxygens (including phenoxy) is 2. The van der Waals surface area contributed by atoms with Crippen molar-refractivity contribution in [2.75, 3.05) is 18.6 Å². The second-order valence-corrected chi connectivity index (χ2v) is 7.37. The van der Waals surface area contributed by atoms with Crippen molar-refractivity contribution in [2.45, 2.75) is 6.92 Å². The van der Waals surface area contributed by atoms with E-state index >= 15 is 0 Å². The number of amides is 1. The largest absolute Gasteiger partial charge is 0.545 e. The average Bonchev–Trinajstić information content (AvgIpc) is 2.96. The molecule has 8 heteroatoms. The van der Waals surface area contributed by atoms with Crippen LogP contribution in [-0.4, -0.2) is 29.9 Å². The van der Waals surface area contributed by atoms with Gasteiger partial charge in [-0.1, -0.05) is 42.2 Å². The number of thiocarbonyl (C=S) groups is 1. The van der Waals surface area contributed by atoms with E-state index < -0.39 is 5.97 Å². The lowest BCUT2D eigenvalue weighted by molar-refractivity contribution is -0.255. The number of carboxylic acids is 1. The highest BCUT2D eigenvalue weighted by atomic mass is 32.2. The van der Waals surface area contributed by atoms with Crippen molar-refractivity contribution in [2.24, 2.45) is 0 Å². The van der Waals surface area contributed by atoms with Gasteiger partial charge in [-0.05, 0) is 48.4 Å². The Morgan fingerprint density at radius 1 is 1.21 bits per heavy atom. The first kappa shape index (κ1) is 19.9. The van der Waals surface area contributed by atoms with E-state index in [-0.39, 0.29) is 11.5 Å². The number of benzene rings is 2. The third-order valence-corrected chi connectivity index (χ3v) is 5.24. The van der Waals surface area contributed by atoms with E-state index in [1.54, 1.807) is 25.3 Å². The molecule has 1 heterocycles. The van der Waals surface area contributed by atoms with Crippen molar-refractivity contribution in [1.82, 2.24) is 0 Å². The maximum absolute atomic E-state index is 12.8. The molecule has 1 fully saturated rings. The molecule has 0 atom stereocenters. The van der Waals surface area contributed by atoms with E-state index in [1.807, 2.05) is 13.0 Å². The maximum atomic E-state index is 12.8. The Morgan fingerprint density at radius 3 is 2.54 bits per heavy atom. The van der Waals surface area contributed by atoms with Gasteiger partial charge >= 0.3 is 0 Å². The molecule has 1 aliphatic rings. The zero-order valence-corrected chi connectivity index (χ0v) is 16.8. The minimum absolute atomic E-state index is 0.0335. The first-order valence-electron chi connectivity index (χ1n) is 8.34. The minimum Gasteiger partial charge on any atom is -0.545 e. The van der Waals surface area contributed by atoms with E-state index in [1.165, 1.54) is 40.9 Å². The van der Waals surface area contributed by atoms with Crippen molar-refractivity contribution in [1.29, 1.82) is 0 Å². The highest BCUT2D eigenvalue weighted by molar-refractivity contribution is 8.27. The second kappa shape index (κ2) is 8.45. The van der Waals surface area contributed by atoms with Gasteiger partial charge in [0.25, 0.3) is 5.91 Å². The fourth-order valence-electron chi connectivity index (χ4n) is 2.64. The first-order chi connectivity index (χ1) is 13.4. The molecule has 2 aromatic carbocycles. The topological polar surface area (TPSA) is 78.9 Å². The maximum Gasteiger partial charge on any atom is 0.270 e. The summed E-state index contributed by atoms with van der Waals surface area (Å²) in [6.07, 6.45) is 1.73. The van der Waals surface area contributed by atoms with Crippen LogP contribution in [0.25, 0.3) is 6.08 Å². The molecule has 28 heavy (non-hydrogen) atoms. The Bertz CT molecular complexity index is 969. The van der Waals surface area contributed by atoms with Gasteiger partial charge in [0.05, 0.1) is 30.3 Å². The predicted molar refractivity (Wildman–Crippen MR) is 111 cm³/mol. The summed E-state index contributed by atoms with van der Waals surface area (Å²) >= 11 is 6.51. The number of hydrogen-bond acceptors (Lipinski definition) is 7. The SMILES string of the molecule is CCOc1ccc(/C=C2\SC(=S)N(c3ccc(C(=O)[O-])cc3)C2=O)cc1OC. The molecule has 0 aliphatic carbocycles. The number of aromatic carboxylic acids is 1. The van der Waals surface area contributed by atoms with Gasteiger partial charge in [0.15, 0.2) is 15.8 Å². The minimum atomic E-state index is -1.28. The van der Waals surface area contributed by atoms with Gasteiger partial charge in [0.2, 0.25) is 0 Å². The molecule has 3 rings (SSSR count). The summed E-state index contributed by atoms with van der Waals surface area (Å²) in [6, 6.07) is 11.2. The Kier molecular flexibility index (Phi) is 6.01. The molecule has 0 radical (unpaired) electrons. The molecule has 6 nitrogen and oxygen atoms in total. The number of carboxylic acid groups (broad SMARTS) is 1. The fourth-order valence-corrected chi connectivity index (χ4v) is 3.94. The van der Waals surface area contributed by atoms with Gasteiger partial charge in [-0.3, -0.25) is 9.69 Å². The zero-order chi connectivity index (χ0) is 20.3. The third-order valence-electron chi connectivity index (χ3n) is 3.94. The summed E-state index contributed by atoms with van der Waals surface area (Å²) in [4.78, 5) is 25.5. The fraction of sp³-hybridized carbons (Fsp3) is 0.150. The third kappa shape index (κ3) is 4.02. The molecular weight excluding hydrogens is 398 g/mol. The number of rotatable bonds is 6. The normalized spacial score (nSPS) is 15.2. The molecule has 2 aromatic rings. The van der Waals surface area contributed by atoms with Crippen molar-refractivity contribution in [3.63, 3.8) is 0 Å². The summed E-state index contributed by atoms with van der Waals surface area (Å²) in [7, 11) is 1.55. The number of hydrogen-bond donors (Lipinski definition) is 0. The number of methoxy groups -OCH3 is 1. The molecule has 1 aliphatic heterocycles. The number of thioether (sulfide) groups is 1. The van der Waals surface area contributed by atoms with Crippen LogP contribution in [-0.2, 0) is 4.79 Å². The Morgan fingerprint density at radius 2 is 1.93 bits per heavy atom. The van der Waals surface area contributed by atoms with Crippen molar-refractivity contribution in [3.05, 3.63) is 58.5 Å². The van der Waals surface area contributed by atoms with Crippen LogP contribution in [0.15, 0.2) is 47.4 Å². The van der Waals surface area contributed by atoms with Gasteiger partial charge in [-0.15, -0.1) is 0 Å². The lowest BCUT2D eigenvalue weighted by atomic mass is 10.1. The van der Waals surface area contributed by atoms with Crippen molar-refractivity contribution in [3.8, 4) is 11.5 Å². The van der Waals surface area contributed by atoms with E-state index in [2.05, 4.69) is 0 Å². The standard InChI is InChI=1S/C20H17NO5S2/c1-3-26-15-9-4-12(10-16(15)25-2)11-17-18(22)21(20(27)28-17)14-7-5-13(6-8-14)19(23)24/h4-11H,3H2,1-2H3,(H,23,24)/p-1/b17-11-. The molecule has 0 N–H and O–H groups in total. The second-order valence-electron chi connectivity index (χ2n) is 5.69. The van der Waals surface area contributed by atoms with Crippen LogP contribution in [0.4, 0.5) is 5.69 Å². The van der Waals surface area contributed by atoms with E-state index in [0.717, 1.165) is 5.56 Å². The van der Waals surface area contributed by atoms with Crippen LogP contribution < -0.4 is 19.5 Å². The van der Waals surface area contributed by atoms with E-state index in [0.29, 0.717) is 33.0 Å². The summed E-state index contributed by atoms with van der Waals surface area (Å²) in [6.45, 7) is 2.41. The van der Waals surface area contributed by atoms with Crippen LogP contribution in [0.3, 0.4) is 0 Å². The van der Waals surface area contributed by atoms with E-state index in [4.69, 9.17) is 21.7 Å². The van der Waals surface area contributed by atoms with Crippen LogP contribution >= 0.6 is 24.0 Å². The molecule has 0 bridgehead atoms. The summed E-state index contributed by atoms with van der Waals surface area (Å²) in [5.41, 5.74) is 1.31. The summed E-state index contributed by atoms with van der Waals surface area (Å²) in [5, 5.41) is 10.9. The van der Waals surface area contributed by atoms with Gasteiger partial charge in [-0.25, -0.2) is 0 Å². The van der Waals surface area contributed by atoms with Gasteiger partial charge in [0, 0.05) is 0 Å². The molecule has 144 valence electrons. The number of carbonyl (C=O) groups is 2. The lowest BCUT2D eigenvalue weighted by Gasteiger charge is -2.15. The molecule has 0 saturated carbocycles. The number of anilines is 1. The van der Waals surface area contributed by atoms with E-state index in [9.17, 15) is 14.7 Å². The van der Waals surface area contributed by atoms with Crippen LogP contribution in [0, 0.1) is 0 Å². The smallest absolute Gasteiger partial charge is 0.270 e. The average molecular weight is 414 g/mol. The molecule has 0 aromatic heterocycles. The quantitative estimate of drug-likeness (QED) is 0.531. The summed E-state index contributed by atoms with van der Waals surface area (Å²) < 4.78 is 11.2. The molecule has 1 amide bonds. The molecule has 1 saturated heterocycles. The molecule has 0 spiro atoms. The lowest BCUT2D eigenvalue weighted by Crippen LogP contribution is -2.28. The van der Waals surface area contributed by atoms with Gasteiger partial charge in [-0.2, -0.15) is 0 Å². The van der Waals surface area contributed by atoms with Crippen molar-refractivity contribution < 1.29 is 24.2 Å². The highest BCUT2D eigenvalue weighted by Gasteiger charge is 2.33. The Balaban J connectivity index is 1.87. The van der Waals surface area contributed by atoms with Crippen LogP contribution in [0.5, 0.6) is 11.5 Å². The Labute approximate surface area is 171 Å². The predicted octanol–water partition coefficient (Wildman–Crippen LogP) is 2.86. The summed E-state index contributed by atoms with van der Waals surface area (Å²) in [5.74, 6) is -0.350. The number of carbonyl (C=O) groups excluding carboxylic acids is 2. The first-order valence-corrected chi connectivity index (χ1v) is 9.57. The monoisotopic (exact) mass is 414 g/mol. The molecular formula is C20H16NO5S2-. The van der Waals surface area contributed by atoms with Gasteiger partial charge < -0.3 is 19.4 Å².